The van der Waals surface area contributed by atoms with E-state index >= 15 is 0 Å². The van der Waals surface area contributed by atoms with Gasteiger partial charge in [-0.1, -0.05) is 41.4 Å². The molecule has 6 heteroatoms. The Bertz CT molecular complexity index is 691. The summed E-state index contributed by atoms with van der Waals surface area (Å²) in [6.45, 7) is 0.244. The summed E-state index contributed by atoms with van der Waals surface area (Å²) in [6, 6.07) is 9.32. The van der Waals surface area contributed by atoms with Crippen LogP contribution in [-0.4, -0.2) is 17.9 Å². The third kappa shape index (κ3) is 3.28. The lowest BCUT2D eigenvalue weighted by atomic mass is 10.1. The van der Waals surface area contributed by atoms with Crippen LogP contribution >= 0.6 is 23.2 Å². The monoisotopic (exact) mass is 326 g/mol. The summed E-state index contributed by atoms with van der Waals surface area (Å²) in [5.74, 6) is -1.00. The van der Waals surface area contributed by atoms with Gasteiger partial charge in [0.1, 0.15) is 5.82 Å². The first-order valence-corrected chi connectivity index (χ1v) is 6.89. The lowest BCUT2D eigenvalue weighted by molar-refractivity contribution is 0.0786. The van der Waals surface area contributed by atoms with Crippen LogP contribution < -0.4 is 5.73 Å². The molecule has 1 amide bonds. The molecule has 2 N–H and O–H groups in total. The fourth-order valence-corrected chi connectivity index (χ4v) is 2.31. The Morgan fingerprint density at radius 1 is 1.24 bits per heavy atom. The molecule has 0 bridgehead atoms. The van der Waals surface area contributed by atoms with E-state index in [-0.39, 0.29) is 23.7 Å². The minimum absolute atomic E-state index is 0.121. The van der Waals surface area contributed by atoms with Gasteiger partial charge >= 0.3 is 0 Å². The average molecular weight is 327 g/mol. The van der Waals surface area contributed by atoms with Crippen LogP contribution in [0.1, 0.15) is 15.9 Å². The number of benzene rings is 2. The topological polar surface area (TPSA) is 46.3 Å². The van der Waals surface area contributed by atoms with Crippen molar-refractivity contribution in [1.82, 2.24) is 4.90 Å². The maximum Gasteiger partial charge on any atom is 0.256 e. The van der Waals surface area contributed by atoms with Gasteiger partial charge in [0.2, 0.25) is 0 Å². The second-order valence-electron chi connectivity index (χ2n) is 4.58. The summed E-state index contributed by atoms with van der Waals surface area (Å²) >= 11 is 12.0. The van der Waals surface area contributed by atoms with Crippen molar-refractivity contribution in [2.24, 2.45) is 0 Å². The van der Waals surface area contributed by atoms with Crippen molar-refractivity contribution in [1.29, 1.82) is 0 Å². The van der Waals surface area contributed by atoms with Crippen LogP contribution in [0.4, 0.5) is 10.1 Å². The molecule has 0 saturated heterocycles. The number of carbonyl (C=O) groups excluding carboxylic acids is 1. The van der Waals surface area contributed by atoms with E-state index in [4.69, 9.17) is 28.9 Å². The van der Waals surface area contributed by atoms with Crippen molar-refractivity contribution >= 4 is 34.8 Å². The van der Waals surface area contributed by atoms with Crippen molar-refractivity contribution in [3.05, 3.63) is 63.4 Å². The summed E-state index contributed by atoms with van der Waals surface area (Å²) in [4.78, 5) is 13.7. The SMILES string of the molecule is CN(Cc1cccc(Cl)c1Cl)C(=O)c1cccc(F)c1N. The number of hydrogen-bond donors (Lipinski definition) is 1. The number of anilines is 1. The van der Waals surface area contributed by atoms with E-state index in [1.54, 1.807) is 25.2 Å². The number of para-hydroxylation sites is 1. The van der Waals surface area contributed by atoms with Gasteiger partial charge in [0.05, 0.1) is 21.3 Å². The molecule has 0 fully saturated rings. The van der Waals surface area contributed by atoms with E-state index in [1.165, 1.54) is 23.1 Å². The first-order valence-electron chi connectivity index (χ1n) is 6.14. The van der Waals surface area contributed by atoms with E-state index < -0.39 is 5.82 Å². The highest BCUT2D eigenvalue weighted by molar-refractivity contribution is 6.42. The Balaban J connectivity index is 2.24. The number of nitrogen functional groups attached to an aromatic ring is 1. The van der Waals surface area contributed by atoms with Crippen LogP contribution in [0.15, 0.2) is 36.4 Å². The van der Waals surface area contributed by atoms with Crippen LogP contribution in [0, 0.1) is 5.82 Å². The van der Waals surface area contributed by atoms with Crippen molar-refractivity contribution in [3.8, 4) is 0 Å². The molecule has 21 heavy (non-hydrogen) atoms. The van der Waals surface area contributed by atoms with E-state index in [0.29, 0.717) is 15.6 Å². The second-order valence-corrected chi connectivity index (χ2v) is 5.36. The van der Waals surface area contributed by atoms with Crippen LogP contribution in [0.2, 0.25) is 10.0 Å². The summed E-state index contributed by atoms with van der Waals surface area (Å²) in [6.07, 6.45) is 0. The Morgan fingerprint density at radius 3 is 2.62 bits per heavy atom. The summed E-state index contributed by atoms with van der Waals surface area (Å²) < 4.78 is 13.4. The minimum Gasteiger partial charge on any atom is -0.396 e. The predicted molar refractivity (Wildman–Crippen MR) is 83.1 cm³/mol. The largest absolute Gasteiger partial charge is 0.396 e. The third-order valence-corrected chi connectivity index (χ3v) is 3.93. The minimum atomic E-state index is -0.616. The second kappa shape index (κ2) is 6.33. The van der Waals surface area contributed by atoms with Crippen molar-refractivity contribution in [2.75, 3.05) is 12.8 Å². The molecule has 0 saturated carbocycles. The molecule has 3 nitrogen and oxygen atoms in total. The molecular weight excluding hydrogens is 314 g/mol. The fourth-order valence-electron chi connectivity index (χ4n) is 1.93. The number of halogens is 3. The first kappa shape index (κ1) is 15.6. The van der Waals surface area contributed by atoms with Gasteiger partial charge in [0.25, 0.3) is 5.91 Å². The standard InChI is InChI=1S/C15H13Cl2FN2O/c1-20(8-9-4-2-6-11(16)13(9)17)15(21)10-5-3-7-12(18)14(10)19/h2-7H,8,19H2,1H3. The lowest BCUT2D eigenvalue weighted by Crippen LogP contribution is -2.27. The predicted octanol–water partition coefficient (Wildman–Crippen LogP) is 3.99. The molecular formula is C15H13Cl2FN2O. The zero-order valence-electron chi connectivity index (χ0n) is 11.2. The Hall–Kier alpha value is -1.78. The number of carbonyl (C=O) groups is 1. The van der Waals surface area contributed by atoms with Gasteiger partial charge < -0.3 is 10.6 Å². The quantitative estimate of drug-likeness (QED) is 0.867. The average Bonchev–Trinajstić information content (AvgIpc) is 2.46. The highest BCUT2D eigenvalue weighted by atomic mass is 35.5. The van der Waals surface area contributed by atoms with E-state index in [0.717, 1.165) is 0 Å². The number of amides is 1. The molecule has 0 heterocycles. The molecule has 0 aliphatic heterocycles. The molecule has 2 aromatic carbocycles. The molecule has 0 atom stereocenters. The van der Waals surface area contributed by atoms with Gasteiger partial charge in [-0.2, -0.15) is 0 Å². The molecule has 0 aliphatic carbocycles. The maximum absolute atomic E-state index is 13.4. The Labute approximate surface area is 132 Å². The lowest BCUT2D eigenvalue weighted by Gasteiger charge is -2.19. The van der Waals surface area contributed by atoms with Gasteiger partial charge in [-0.3, -0.25) is 4.79 Å². The summed E-state index contributed by atoms with van der Waals surface area (Å²) in [7, 11) is 1.59. The number of nitrogens with zero attached hydrogens (tertiary/aromatic N) is 1. The summed E-state index contributed by atoms with van der Waals surface area (Å²) in [5.41, 5.74) is 6.26. The molecule has 2 rings (SSSR count). The van der Waals surface area contributed by atoms with Gasteiger partial charge in [-0.05, 0) is 23.8 Å². The number of nitrogens with two attached hydrogens (primary N) is 1. The molecule has 0 aromatic heterocycles. The summed E-state index contributed by atoms with van der Waals surface area (Å²) in [5, 5.41) is 0.811. The van der Waals surface area contributed by atoms with Gasteiger partial charge in [-0.25, -0.2) is 4.39 Å². The molecule has 0 aliphatic rings. The molecule has 110 valence electrons. The highest BCUT2D eigenvalue weighted by Crippen LogP contribution is 2.27. The van der Waals surface area contributed by atoms with Crippen LogP contribution in [0.5, 0.6) is 0 Å². The first-order chi connectivity index (χ1) is 9.91. The van der Waals surface area contributed by atoms with Crippen LogP contribution in [0.3, 0.4) is 0 Å². The maximum atomic E-state index is 13.4. The zero-order valence-corrected chi connectivity index (χ0v) is 12.7. The van der Waals surface area contributed by atoms with Crippen molar-refractivity contribution in [3.63, 3.8) is 0 Å². The normalized spacial score (nSPS) is 10.5. The molecule has 0 spiro atoms. The van der Waals surface area contributed by atoms with Gasteiger partial charge in [0, 0.05) is 13.6 Å². The third-order valence-electron chi connectivity index (χ3n) is 3.07. The van der Waals surface area contributed by atoms with E-state index in [9.17, 15) is 9.18 Å². The van der Waals surface area contributed by atoms with Crippen LogP contribution in [-0.2, 0) is 6.54 Å². The number of hydrogen-bond acceptors (Lipinski definition) is 2. The smallest absolute Gasteiger partial charge is 0.256 e. The van der Waals surface area contributed by atoms with E-state index in [2.05, 4.69) is 0 Å². The molecule has 0 unspecified atom stereocenters. The Kier molecular flexibility index (Phi) is 4.70. The van der Waals surface area contributed by atoms with Gasteiger partial charge in [-0.15, -0.1) is 0 Å². The van der Waals surface area contributed by atoms with Gasteiger partial charge in [0.15, 0.2) is 0 Å². The van der Waals surface area contributed by atoms with Crippen molar-refractivity contribution < 1.29 is 9.18 Å². The number of rotatable bonds is 3. The molecule has 0 radical (unpaired) electrons. The zero-order chi connectivity index (χ0) is 15.6. The van der Waals surface area contributed by atoms with Crippen molar-refractivity contribution in [2.45, 2.75) is 6.54 Å². The van der Waals surface area contributed by atoms with E-state index in [1.807, 2.05) is 0 Å². The Morgan fingerprint density at radius 2 is 1.90 bits per heavy atom. The molecule has 2 aromatic rings. The highest BCUT2D eigenvalue weighted by Gasteiger charge is 2.18. The fraction of sp³-hybridized carbons (Fsp3) is 0.133. The van der Waals surface area contributed by atoms with Crippen LogP contribution in [0.25, 0.3) is 0 Å².